The number of benzene rings is 2. The first-order valence-corrected chi connectivity index (χ1v) is 11.0. The number of carbonyl (C=O) groups is 1. The maximum atomic E-state index is 13.5. The highest BCUT2D eigenvalue weighted by molar-refractivity contribution is 7.92. The van der Waals surface area contributed by atoms with Crippen molar-refractivity contribution in [1.82, 2.24) is 14.5 Å². The lowest BCUT2D eigenvalue weighted by molar-refractivity contribution is -0.120. The summed E-state index contributed by atoms with van der Waals surface area (Å²) in [7, 11) is -0.837. The smallest absolute Gasteiger partial charge is 0.328 e. The van der Waals surface area contributed by atoms with Crippen molar-refractivity contribution in [2.24, 2.45) is 14.1 Å². The molecule has 1 N–H and O–H groups in total. The van der Waals surface area contributed by atoms with Crippen LogP contribution in [0.3, 0.4) is 0 Å². The Labute approximate surface area is 175 Å². The molecule has 0 bridgehead atoms. The van der Waals surface area contributed by atoms with Crippen LogP contribution in [0.5, 0.6) is 0 Å². The van der Waals surface area contributed by atoms with Crippen LogP contribution in [0.4, 0.5) is 5.69 Å². The summed E-state index contributed by atoms with van der Waals surface area (Å²) >= 11 is 0. The van der Waals surface area contributed by atoms with E-state index in [4.69, 9.17) is 0 Å². The number of hydrogen-bond acceptors (Lipinski definition) is 4. The van der Waals surface area contributed by atoms with E-state index in [0.29, 0.717) is 16.7 Å². The molecule has 0 fully saturated rings. The fourth-order valence-electron chi connectivity index (χ4n) is 3.30. The minimum atomic E-state index is -4.06. The second kappa shape index (κ2) is 7.98. The molecule has 0 aliphatic heterocycles. The lowest BCUT2D eigenvalue weighted by Gasteiger charge is -2.25. The third-order valence-corrected chi connectivity index (χ3v) is 6.66. The van der Waals surface area contributed by atoms with E-state index in [-0.39, 0.29) is 23.2 Å². The van der Waals surface area contributed by atoms with Crippen molar-refractivity contribution in [2.45, 2.75) is 31.7 Å². The van der Waals surface area contributed by atoms with Crippen molar-refractivity contribution >= 4 is 32.7 Å². The van der Waals surface area contributed by atoms with Gasteiger partial charge in [-0.1, -0.05) is 17.7 Å². The number of fused-ring (bicyclic) bond motifs is 1. The number of hydrogen-bond donors (Lipinski definition) is 1. The Bertz CT molecular complexity index is 1250. The van der Waals surface area contributed by atoms with Gasteiger partial charge in [-0.05, 0) is 51.1 Å². The van der Waals surface area contributed by atoms with E-state index >= 15 is 0 Å². The number of rotatable bonds is 6. The van der Waals surface area contributed by atoms with Gasteiger partial charge in [-0.3, -0.25) is 18.2 Å². The van der Waals surface area contributed by atoms with Crippen LogP contribution in [0.2, 0.25) is 0 Å². The molecule has 3 aromatic rings. The first-order valence-electron chi connectivity index (χ1n) is 9.56. The Morgan fingerprint density at radius 1 is 1.03 bits per heavy atom. The Morgan fingerprint density at radius 3 is 2.23 bits per heavy atom. The quantitative estimate of drug-likeness (QED) is 0.646. The summed E-state index contributed by atoms with van der Waals surface area (Å²) in [4.78, 5) is 24.6. The molecule has 2 aromatic carbocycles. The molecule has 30 heavy (non-hydrogen) atoms. The summed E-state index contributed by atoms with van der Waals surface area (Å²) in [5.74, 6) is -0.401. The van der Waals surface area contributed by atoms with E-state index < -0.39 is 15.9 Å². The fraction of sp³-hybridized carbons (Fsp3) is 0.333. The van der Waals surface area contributed by atoms with Crippen molar-refractivity contribution < 1.29 is 13.2 Å². The number of imidazole rings is 1. The number of nitrogens with one attached hydrogen (secondary N) is 1. The van der Waals surface area contributed by atoms with Gasteiger partial charge in [-0.2, -0.15) is 0 Å². The molecule has 1 heterocycles. The molecule has 3 rings (SSSR count). The average molecular weight is 431 g/mol. The molecule has 1 amide bonds. The molecular weight excluding hydrogens is 404 g/mol. The second-order valence-electron chi connectivity index (χ2n) is 7.62. The van der Waals surface area contributed by atoms with Crippen molar-refractivity contribution in [3.63, 3.8) is 0 Å². The summed E-state index contributed by atoms with van der Waals surface area (Å²) in [6, 6.07) is 11.3. The largest absolute Gasteiger partial charge is 0.352 e. The van der Waals surface area contributed by atoms with Gasteiger partial charge in [0.15, 0.2) is 0 Å². The maximum Gasteiger partial charge on any atom is 0.328 e. The summed E-state index contributed by atoms with van der Waals surface area (Å²) in [5.41, 5.74) is 2.25. The highest BCUT2D eigenvalue weighted by Crippen LogP contribution is 2.26. The first kappa shape index (κ1) is 21.6. The van der Waals surface area contributed by atoms with Crippen LogP contribution in [0.25, 0.3) is 11.0 Å². The summed E-state index contributed by atoms with van der Waals surface area (Å²) in [6.07, 6.45) is 0. The van der Waals surface area contributed by atoms with Crippen LogP contribution in [0.1, 0.15) is 19.4 Å². The molecular formula is C21H26N4O4S. The van der Waals surface area contributed by atoms with Crippen LogP contribution in [0, 0.1) is 6.92 Å². The number of nitrogens with zero attached hydrogens (tertiary/aromatic N) is 3. The van der Waals surface area contributed by atoms with Gasteiger partial charge >= 0.3 is 5.69 Å². The molecule has 0 unspecified atom stereocenters. The standard InChI is InChI=1S/C21H26N4O4S/c1-14(2)22-20(26)13-25(16-8-6-15(3)7-9-16)30(28,29)17-10-11-18-19(12-17)24(5)21(27)23(18)4/h6-12,14H,13H2,1-5H3,(H,22,26). The lowest BCUT2D eigenvalue weighted by Crippen LogP contribution is -2.42. The molecule has 0 radical (unpaired) electrons. The highest BCUT2D eigenvalue weighted by Gasteiger charge is 2.28. The predicted molar refractivity (Wildman–Crippen MR) is 117 cm³/mol. The van der Waals surface area contributed by atoms with Gasteiger partial charge in [0.25, 0.3) is 10.0 Å². The van der Waals surface area contributed by atoms with Crippen molar-refractivity contribution in [2.75, 3.05) is 10.8 Å². The van der Waals surface area contributed by atoms with Gasteiger partial charge in [0.05, 0.1) is 21.6 Å². The Hall–Kier alpha value is -3.07. The van der Waals surface area contributed by atoms with E-state index in [0.717, 1.165) is 9.87 Å². The van der Waals surface area contributed by atoms with E-state index in [1.807, 2.05) is 20.8 Å². The first-order chi connectivity index (χ1) is 14.0. The topological polar surface area (TPSA) is 93.4 Å². The molecule has 0 saturated heterocycles. The molecule has 8 nitrogen and oxygen atoms in total. The monoisotopic (exact) mass is 430 g/mol. The third-order valence-electron chi connectivity index (χ3n) is 4.89. The number of amides is 1. The molecule has 0 aliphatic rings. The Morgan fingerprint density at radius 2 is 1.63 bits per heavy atom. The molecule has 0 spiro atoms. The van der Waals surface area contributed by atoms with Crippen LogP contribution in [-0.2, 0) is 28.9 Å². The minimum Gasteiger partial charge on any atom is -0.352 e. The van der Waals surface area contributed by atoms with E-state index in [1.54, 1.807) is 44.4 Å². The highest BCUT2D eigenvalue weighted by atomic mass is 32.2. The van der Waals surface area contributed by atoms with Crippen molar-refractivity contribution in [3.8, 4) is 0 Å². The molecule has 9 heteroatoms. The van der Waals surface area contributed by atoms with E-state index in [9.17, 15) is 18.0 Å². The minimum absolute atomic E-state index is 0.00845. The van der Waals surface area contributed by atoms with Gasteiger partial charge in [0.1, 0.15) is 6.54 Å². The summed E-state index contributed by atoms with van der Waals surface area (Å²) < 4.78 is 31.0. The molecule has 1 aromatic heterocycles. The number of aromatic nitrogens is 2. The number of sulfonamides is 1. The number of anilines is 1. The van der Waals surface area contributed by atoms with Gasteiger partial charge in [-0.25, -0.2) is 13.2 Å². The van der Waals surface area contributed by atoms with Crippen molar-refractivity contribution in [1.29, 1.82) is 0 Å². The van der Waals surface area contributed by atoms with Crippen LogP contribution >= 0.6 is 0 Å². The second-order valence-corrected chi connectivity index (χ2v) is 9.48. The number of aryl methyl sites for hydroxylation is 3. The molecule has 0 atom stereocenters. The van der Waals surface area contributed by atoms with E-state index in [1.165, 1.54) is 21.3 Å². The SMILES string of the molecule is Cc1ccc(N(CC(=O)NC(C)C)S(=O)(=O)c2ccc3c(c2)n(C)c(=O)n3C)cc1. The molecule has 160 valence electrons. The maximum absolute atomic E-state index is 13.5. The lowest BCUT2D eigenvalue weighted by atomic mass is 10.2. The fourth-order valence-corrected chi connectivity index (χ4v) is 4.74. The van der Waals surface area contributed by atoms with Crippen LogP contribution in [-0.4, -0.2) is 36.0 Å². The average Bonchev–Trinajstić information content (AvgIpc) is 2.90. The van der Waals surface area contributed by atoms with E-state index in [2.05, 4.69) is 5.32 Å². The van der Waals surface area contributed by atoms with Crippen molar-refractivity contribution in [3.05, 3.63) is 58.5 Å². The summed E-state index contributed by atoms with van der Waals surface area (Å²) in [5, 5.41) is 2.73. The van der Waals surface area contributed by atoms with Crippen LogP contribution in [0.15, 0.2) is 52.2 Å². The van der Waals surface area contributed by atoms with Gasteiger partial charge in [0.2, 0.25) is 5.91 Å². The predicted octanol–water partition coefficient (Wildman–Crippen LogP) is 1.91. The van der Waals surface area contributed by atoms with Gasteiger partial charge < -0.3 is 5.32 Å². The van der Waals surface area contributed by atoms with Gasteiger partial charge in [-0.15, -0.1) is 0 Å². The third kappa shape index (κ3) is 3.97. The Kier molecular flexibility index (Phi) is 5.76. The van der Waals surface area contributed by atoms with Crippen LogP contribution < -0.4 is 15.3 Å². The summed E-state index contributed by atoms with van der Waals surface area (Å²) in [6.45, 7) is 5.17. The molecule has 0 saturated carbocycles. The van der Waals surface area contributed by atoms with Gasteiger partial charge in [0, 0.05) is 20.1 Å². The Balaban J connectivity index is 2.12. The molecule has 0 aliphatic carbocycles. The normalized spacial score (nSPS) is 11.8. The zero-order valence-corrected chi connectivity index (χ0v) is 18.5. The zero-order valence-electron chi connectivity index (χ0n) is 17.7. The number of carbonyl (C=O) groups excluding carboxylic acids is 1. The zero-order chi connectivity index (χ0) is 22.2.